The van der Waals surface area contributed by atoms with E-state index in [1.165, 1.54) is 10.8 Å². The second-order valence-electron chi connectivity index (χ2n) is 8.27. The van der Waals surface area contributed by atoms with Gasteiger partial charge < -0.3 is 40.4 Å². The van der Waals surface area contributed by atoms with Gasteiger partial charge in [-0.2, -0.15) is 0 Å². The predicted molar refractivity (Wildman–Crippen MR) is 141 cm³/mol. The molecule has 2 aromatic carbocycles. The Bertz CT molecular complexity index is 1200. The van der Waals surface area contributed by atoms with Crippen LogP contribution in [-0.4, -0.2) is 57.1 Å². The molecule has 0 aliphatic heterocycles. The zero-order valence-electron chi connectivity index (χ0n) is 20.9. The number of hydrogen-bond donors (Lipinski definition) is 0. The number of rotatable bonds is 8. The Labute approximate surface area is 230 Å². The molecule has 0 saturated heterocycles. The Balaban J connectivity index is 0.000000709. The van der Waals surface area contributed by atoms with Crippen LogP contribution in [0.15, 0.2) is 72.8 Å². The van der Waals surface area contributed by atoms with Crippen molar-refractivity contribution in [3.05, 3.63) is 115 Å². The van der Waals surface area contributed by atoms with Gasteiger partial charge in [0.2, 0.25) is 0 Å². The largest absolute Gasteiger partial charge is 2.00 e. The van der Waals surface area contributed by atoms with Crippen LogP contribution in [0.25, 0.3) is 21.8 Å². The summed E-state index contributed by atoms with van der Waals surface area (Å²) >= 11 is 0. The standard InChI is InChI=1S/C25H28N4.Cu.2NO3/c1-28(18-22-14-12-20-8-3-5-10-24(20)26-22)16-7-17-29(2)19-23-15-13-21-9-4-6-11-25(21)27-23;;2*2-1(3)4/h3-6,8-15H,7,16-19H2,1-2H3;;;/q;+2;2*-1. The minimum Gasteiger partial charge on any atom is -0.356 e. The molecule has 0 aliphatic carbocycles. The molecule has 0 bridgehead atoms. The first-order chi connectivity index (χ1) is 17.6. The SMILES string of the molecule is CN(CCCN(C)Cc1ccc2ccccc2n1)Cc1ccc2ccccc2n1.O=[N+]([O-])[O-].O=[N+]([O-])[O-].[Cu+2]. The van der Waals surface area contributed by atoms with Crippen molar-refractivity contribution in [3.63, 3.8) is 0 Å². The number of para-hydroxylation sites is 2. The van der Waals surface area contributed by atoms with Crippen molar-refractivity contribution in [1.82, 2.24) is 19.8 Å². The van der Waals surface area contributed by atoms with E-state index in [1.807, 2.05) is 12.1 Å². The van der Waals surface area contributed by atoms with Crippen LogP contribution in [-0.2, 0) is 30.2 Å². The van der Waals surface area contributed by atoms with Gasteiger partial charge in [-0.1, -0.05) is 48.5 Å². The maximum Gasteiger partial charge on any atom is 2.00 e. The van der Waals surface area contributed by atoms with Crippen molar-refractivity contribution in [2.75, 3.05) is 27.2 Å². The van der Waals surface area contributed by atoms with Crippen molar-refractivity contribution in [3.8, 4) is 0 Å². The van der Waals surface area contributed by atoms with Crippen LogP contribution < -0.4 is 0 Å². The molecule has 0 amide bonds. The number of benzene rings is 2. The molecular formula is C25H28CuN6O6. The van der Waals surface area contributed by atoms with E-state index in [2.05, 4.69) is 84.6 Å². The molecule has 12 nitrogen and oxygen atoms in total. The van der Waals surface area contributed by atoms with E-state index in [0.717, 1.165) is 55.0 Å². The maximum atomic E-state index is 8.25. The summed E-state index contributed by atoms with van der Waals surface area (Å²) in [6, 6.07) is 25.2. The molecule has 0 aliphatic rings. The van der Waals surface area contributed by atoms with Gasteiger partial charge in [0.1, 0.15) is 0 Å². The number of hydrogen-bond acceptors (Lipinski definition) is 10. The average molecular weight is 572 g/mol. The summed E-state index contributed by atoms with van der Waals surface area (Å²) in [5, 5.41) is 31.9. The second-order valence-corrected chi connectivity index (χ2v) is 8.27. The third kappa shape index (κ3) is 12.4. The summed E-state index contributed by atoms with van der Waals surface area (Å²) in [6.45, 7) is 3.84. The van der Waals surface area contributed by atoms with Crippen LogP contribution in [0.2, 0.25) is 0 Å². The fourth-order valence-corrected chi connectivity index (χ4v) is 3.71. The summed E-state index contributed by atoms with van der Waals surface area (Å²) in [4.78, 5) is 30.8. The molecule has 4 rings (SSSR count). The van der Waals surface area contributed by atoms with Crippen LogP contribution in [0, 0.1) is 30.6 Å². The molecule has 0 saturated carbocycles. The first-order valence-electron chi connectivity index (χ1n) is 11.3. The molecule has 2 aromatic heterocycles. The number of aromatic nitrogens is 2. The van der Waals surface area contributed by atoms with E-state index < -0.39 is 10.2 Å². The molecule has 0 unspecified atom stereocenters. The normalized spacial score (nSPS) is 10.2. The number of fused-ring (bicyclic) bond motifs is 2. The van der Waals surface area contributed by atoms with Gasteiger partial charge in [-0.25, -0.2) is 0 Å². The first-order valence-corrected chi connectivity index (χ1v) is 11.3. The van der Waals surface area contributed by atoms with Crippen LogP contribution in [0.3, 0.4) is 0 Å². The van der Waals surface area contributed by atoms with Crippen molar-refractivity contribution >= 4 is 21.8 Å². The summed E-state index contributed by atoms with van der Waals surface area (Å²) < 4.78 is 0. The predicted octanol–water partition coefficient (Wildman–Crippen LogP) is 4.26. The summed E-state index contributed by atoms with van der Waals surface area (Å²) in [5.41, 5.74) is 4.39. The zero-order valence-corrected chi connectivity index (χ0v) is 21.8. The molecule has 38 heavy (non-hydrogen) atoms. The van der Waals surface area contributed by atoms with Gasteiger partial charge in [0.05, 0.1) is 32.6 Å². The van der Waals surface area contributed by atoms with Gasteiger partial charge >= 0.3 is 17.1 Å². The molecule has 4 aromatic rings. The van der Waals surface area contributed by atoms with Crippen molar-refractivity contribution in [2.45, 2.75) is 19.5 Å². The van der Waals surface area contributed by atoms with E-state index in [4.69, 9.17) is 40.6 Å². The maximum absolute atomic E-state index is 8.25. The third-order valence-electron chi connectivity index (χ3n) is 5.26. The summed E-state index contributed by atoms with van der Waals surface area (Å²) in [6.07, 6.45) is 1.12. The summed E-state index contributed by atoms with van der Waals surface area (Å²) in [7, 11) is 4.34. The minimum atomic E-state index is -1.75. The number of pyridine rings is 2. The molecule has 0 atom stereocenters. The third-order valence-corrected chi connectivity index (χ3v) is 5.26. The van der Waals surface area contributed by atoms with Gasteiger partial charge in [0.25, 0.3) is 0 Å². The smallest absolute Gasteiger partial charge is 0.356 e. The van der Waals surface area contributed by atoms with Gasteiger partial charge in [0.15, 0.2) is 0 Å². The van der Waals surface area contributed by atoms with E-state index in [1.54, 1.807) is 0 Å². The van der Waals surface area contributed by atoms with E-state index >= 15 is 0 Å². The number of nitrogens with zero attached hydrogens (tertiary/aromatic N) is 6. The Morgan fingerprint density at radius 1 is 0.632 bits per heavy atom. The van der Waals surface area contributed by atoms with Crippen LogP contribution in [0.5, 0.6) is 0 Å². The van der Waals surface area contributed by atoms with Gasteiger partial charge in [0, 0.05) is 23.9 Å². The van der Waals surface area contributed by atoms with Crippen molar-refractivity contribution in [1.29, 1.82) is 0 Å². The fraction of sp³-hybridized carbons (Fsp3) is 0.280. The van der Waals surface area contributed by atoms with Crippen LogP contribution in [0.4, 0.5) is 0 Å². The second kappa shape index (κ2) is 16.8. The molecule has 205 valence electrons. The molecular weight excluding hydrogens is 544 g/mol. The zero-order chi connectivity index (χ0) is 27.2. The molecule has 0 N–H and O–H groups in total. The quantitative estimate of drug-likeness (QED) is 0.169. The van der Waals surface area contributed by atoms with Crippen LogP contribution in [0.1, 0.15) is 17.8 Å². The Morgan fingerprint density at radius 3 is 1.34 bits per heavy atom. The van der Waals surface area contributed by atoms with Gasteiger partial charge in [-0.05, 0) is 57.9 Å². The fourth-order valence-electron chi connectivity index (χ4n) is 3.71. The van der Waals surface area contributed by atoms with E-state index in [0.29, 0.717) is 0 Å². The first kappa shape index (κ1) is 32.1. The average Bonchev–Trinajstić information content (AvgIpc) is 2.83. The summed E-state index contributed by atoms with van der Waals surface area (Å²) in [5.74, 6) is 0. The van der Waals surface area contributed by atoms with Crippen molar-refractivity contribution < 1.29 is 27.2 Å². The van der Waals surface area contributed by atoms with Gasteiger partial charge in [-0.3, -0.25) is 9.97 Å². The van der Waals surface area contributed by atoms with E-state index in [-0.39, 0.29) is 17.1 Å². The van der Waals surface area contributed by atoms with Crippen LogP contribution >= 0.6 is 0 Å². The monoisotopic (exact) mass is 571 g/mol. The Morgan fingerprint density at radius 2 is 0.974 bits per heavy atom. The van der Waals surface area contributed by atoms with Crippen molar-refractivity contribution in [2.24, 2.45) is 0 Å². The molecule has 13 heteroatoms. The Kier molecular flexibility index (Phi) is 14.2. The molecule has 0 fully saturated rings. The van der Waals surface area contributed by atoms with E-state index in [9.17, 15) is 0 Å². The molecule has 2 heterocycles. The van der Waals surface area contributed by atoms with Gasteiger partial charge in [-0.15, -0.1) is 0 Å². The molecule has 0 spiro atoms. The topological polar surface area (TPSA) is 165 Å². The Hall–Kier alpha value is -3.90. The minimum absolute atomic E-state index is 0. The molecule has 1 radical (unpaired) electrons.